The van der Waals surface area contributed by atoms with Crippen molar-refractivity contribution < 1.29 is 18.7 Å². The van der Waals surface area contributed by atoms with Gasteiger partial charge < -0.3 is 9.15 Å². The number of ether oxygens (including phenoxy) is 1. The largest absolute Gasteiger partial charge is 0.465 e. The van der Waals surface area contributed by atoms with E-state index in [0.29, 0.717) is 11.5 Å². The zero-order chi connectivity index (χ0) is 19.1. The van der Waals surface area contributed by atoms with Gasteiger partial charge in [-0.3, -0.25) is 9.89 Å². The molecule has 2 heterocycles. The van der Waals surface area contributed by atoms with Gasteiger partial charge in [0.25, 0.3) is 5.91 Å². The SMILES string of the molecule is Cc1cc(C(=O)N/N=C\c2ccc(OC(=O)/C=C/c3ccco3)cc2)n[nH]1. The Labute approximate surface area is 154 Å². The Morgan fingerprint density at radius 1 is 1.26 bits per heavy atom. The molecule has 3 aromatic rings. The summed E-state index contributed by atoms with van der Waals surface area (Å²) in [5.74, 6) is 0.0155. The molecule has 8 nitrogen and oxygen atoms in total. The highest BCUT2D eigenvalue weighted by Crippen LogP contribution is 2.12. The third-order valence-electron chi connectivity index (χ3n) is 3.34. The van der Waals surface area contributed by atoms with E-state index in [1.165, 1.54) is 24.6 Å². The standard InChI is InChI=1S/C19H16N4O4/c1-13-11-17(22-21-13)19(25)23-20-12-14-4-6-16(7-5-14)27-18(24)9-8-15-3-2-10-26-15/h2-12H,1H3,(H,21,22)(H,23,25)/b9-8+,20-12-. The van der Waals surface area contributed by atoms with Crippen LogP contribution in [0.5, 0.6) is 5.75 Å². The normalized spacial score (nSPS) is 11.1. The van der Waals surface area contributed by atoms with E-state index < -0.39 is 11.9 Å². The number of nitrogens with one attached hydrogen (secondary N) is 2. The van der Waals surface area contributed by atoms with Crippen LogP contribution in [0, 0.1) is 6.92 Å². The van der Waals surface area contributed by atoms with Gasteiger partial charge in [0, 0.05) is 11.8 Å². The van der Waals surface area contributed by atoms with Crippen LogP contribution in [0.2, 0.25) is 0 Å². The third kappa shape index (κ3) is 5.27. The molecule has 0 aliphatic heterocycles. The number of carbonyl (C=O) groups excluding carboxylic acids is 2. The van der Waals surface area contributed by atoms with E-state index in [1.807, 2.05) is 0 Å². The number of H-pyrrole nitrogens is 1. The Balaban J connectivity index is 1.50. The lowest BCUT2D eigenvalue weighted by Gasteiger charge is -2.01. The summed E-state index contributed by atoms with van der Waals surface area (Å²) in [5, 5.41) is 10.4. The molecular weight excluding hydrogens is 348 g/mol. The summed E-state index contributed by atoms with van der Waals surface area (Å²) in [6, 6.07) is 11.7. The molecule has 27 heavy (non-hydrogen) atoms. The van der Waals surface area contributed by atoms with Crippen molar-refractivity contribution in [3.05, 3.63) is 77.5 Å². The van der Waals surface area contributed by atoms with Gasteiger partial charge in [0.2, 0.25) is 0 Å². The molecule has 0 aliphatic rings. The molecule has 2 N–H and O–H groups in total. The van der Waals surface area contributed by atoms with Crippen LogP contribution in [-0.4, -0.2) is 28.3 Å². The number of aryl methyl sites for hydroxylation is 1. The first kappa shape index (κ1) is 17.9. The van der Waals surface area contributed by atoms with Gasteiger partial charge in [0.15, 0.2) is 5.69 Å². The summed E-state index contributed by atoms with van der Waals surface area (Å²) in [6.45, 7) is 1.80. The summed E-state index contributed by atoms with van der Waals surface area (Å²) in [7, 11) is 0. The summed E-state index contributed by atoms with van der Waals surface area (Å²) in [5.41, 5.74) is 4.15. The van der Waals surface area contributed by atoms with Crippen molar-refractivity contribution in [1.82, 2.24) is 15.6 Å². The van der Waals surface area contributed by atoms with Crippen LogP contribution in [0.15, 0.2) is 64.3 Å². The van der Waals surface area contributed by atoms with Crippen LogP contribution in [0.25, 0.3) is 6.08 Å². The number of rotatable bonds is 6. The second-order valence-electron chi connectivity index (χ2n) is 5.47. The fraction of sp³-hybridized carbons (Fsp3) is 0.0526. The maximum absolute atomic E-state index is 11.8. The lowest BCUT2D eigenvalue weighted by molar-refractivity contribution is -0.128. The van der Waals surface area contributed by atoms with Crippen LogP contribution in [0.3, 0.4) is 0 Å². The topological polar surface area (TPSA) is 110 Å². The number of aromatic amines is 1. The molecule has 0 radical (unpaired) electrons. The van der Waals surface area contributed by atoms with Crippen LogP contribution in [-0.2, 0) is 4.79 Å². The number of hydrogen-bond acceptors (Lipinski definition) is 6. The van der Waals surface area contributed by atoms with Crippen molar-refractivity contribution in [2.75, 3.05) is 0 Å². The third-order valence-corrected chi connectivity index (χ3v) is 3.34. The van der Waals surface area contributed by atoms with Crippen molar-refractivity contribution in [3.63, 3.8) is 0 Å². The summed E-state index contributed by atoms with van der Waals surface area (Å²) in [6.07, 6.45) is 5.79. The molecule has 8 heteroatoms. The molecule has 136 valence electrons. The van der Waals surface area contributed by atoms with Crippen molar-refractivity contribution in [2.24, 2.45) is 5.10 Å². The van der Waals surface area contributed by atoms with Crippen LogP contribution in [0.4, 0.5) is 0 Å². The molecule has 0 saturated carbocycles. The monoisotopic (exact) mass is 364 g/mol. The van der Waals surface area contributed by atoms with E-state index >= 15 is 0 Å². The van der Waals surface area contributed by atoms with E-state index in [0.717, 1.165) is 11.3 Å². The smallest absolute Gasteiger partial charge is 0.336 e. The maximum atomic E-state index is 11.8. The van der Waals surface area contributed by atoms with Gasteiger partial charge in [-0.15, -0.1) is 0 Å². The number of nitrogens with zero attached hydrogens (tertiary/aromatic N) is 2. The van der Waals surface area contributed by atoms with Crippen LogP contribution < -0.4 is 10.2 Å². The predicted molar refractivity (Wildman–Crippen MR) is 98.2 cm³/mol. The lowest BCUT2D eigenvalue weighted by atomic mass is 10.2. The van der Waals surface area contributed by atoms with Gasteiger partial charge >= 0.3 is 5.97 Å². The number of furan rings is 1. The van der Waals surface area contributed by atoms with Gasteiger partial charge in [-0.25, -0.2) is 10.2 Å². The van der Waals surface area contributed by atoms with E-state index in [2.05, 4.69) is 20.7 Å². The number of aromatic nitrogens is 2. The quantitative estimate of drug-likeness (QED) is 0.230. The number of amides is 1. The fourth-order valence-corrected chi connectivity index (χ4v) is 2.07. The van der Waals surface area contributed by atoms with Crippen molar-refractivity contribution in [3.8, 4) is 5.75 Å². The number of hydrazone groups is 1. The number of hydrogen-bond donors (Lipinski definition) is 2. The molecule has 0 unspecified atom stereocenters. The Kier molecular flexibility index (Phi) is 5.58. The molecular formula is C19H16N4O4. The molecule has 1 aromatic carbocycles. The lowest BCUT2D eigenvalue weighted by Crippen LogP contribution is -2.18. The van der Waals surface area contributed by atoms with E-state index in [1.54, 1.807) is 49.4 Å². The highest BCUT2D eigenvalue weighted by atomic mass is 16.5. The van der Waals surface area contributed by atoms with Crippen molar-refractivity contribution >= 4 is 24.2 Å². The summed E-state index contributed by atoms with van der Waals surface area (Å²) in [4.78, 5) is 23.5. The highest BCUT2D eigenvalue weighted by molar-refractivity contribution is 5.93. The van der Waals surface area contributed by atoms with Gasteiger partial charge in [-0.1, -0.05) is 0 Å². The first-order chi connectivity index (χ1) is 13.1. The van der Waals surface area contributed by atoms with Gasteiger partial charge in [-0.2, -0.15) is 10.2 Å². The van der Waals surface area contributed by atoms with E-state index in [4.69, 9.17) is 9.15 Å². The van der Waals surface area contributed by atoms with Crippen molar-refractivity contribution in [1.29, 1.82) is 0 Å². The van der Waals surface area contributed by atoms with Crippen LogP contribution in [0.1, 0.15) is 27.5 Å². The van der Waals surface area contributed by atoms with Gasteiger partial charge in [0.1, 0.15) is 11.5 Å². The minimum atomic E-state index is -0.519. The van der Waals surface area contributed by atoms with Gasteiger partial charge in [-0.05, 0) is 61.0 Å². The molecule has 1 amide bonds. The first-order valence-corrected chi connectivity index (χ1v) is 7.99. The summed E-state index contributed by atoms with van der Waals surface area (Å²) >= 11 is 0. The van der Waals surface area contributed by atoms with Gasteiger partial charge in [0.05, 0.1) is 12.5 Å². The van der Waals surface area contributed by atoms with Crippen molar-refractivity contribution in [2.45, 2.75) is 6.92 Å². The first-order valence-electron chi connectivity index (χ1n) is 7.99. The fourth-order valence-electron chi connectivity index (χ4n) is 2.07. The maximum Gasteiger partial charge on any atom is 0.336 e. The molecule has 0 atom stereocenters. The molecule has 0 fully saturated rings. The Morgan fingerprint density at radius 2 is 2.07 bits per heavy atom. The molecule has 2 aromatic heterocycles. The molecule has 0 bridgehead atoms. The second kappa shape index (κ2) is 8.43. The highest BCUT2D eigenvalue weighted by Gasteiger charge is 2.07. The second-order valence-corrected chi connectivity index (χ2v) is 5.47. The average molecular weight is 364 g/mol. The molecule has 0 aliphatic carbocycles. The minimum Gasteiger partial charge on any atom is -0.465 e. The number of benzene rings is 1. The number of esters is 1. The summed E-state index contributed by atoms with van der Waals surface area (Å²) < 4.78 is 10.3. The minimum absolute atomic E-state index is 0.259. The Morgan fingerprint density at radius 3 is 2.74 bits per heavy atom. The number of carbonyl (C=O) groups is 2. The molecule has 3 rings (SSSR count). The zero-order valence-corrected chi connectivity index (χ0v) is 14.4. The predicted octanol–water partition coefficient (Wildman–Crippen LogP) is 2.69. The Hall–Kier alpha value is -3.94. The zero-order valence-electron chi connectivity index (χ0n) is 14.4. The van der Waals surface area contributed by atoms with E-state index in [-0.39, 0.29) is 5.69 Å². The van der Waals surface area contributed by atoms with Crippen LogP contribution >= 0.6 is 0 Å². The van der Waals surface area contributed by atoms with E-state index in [9.17, 15) is 9.59 Å². The average Bonchev–Trinajstić information content (AvgIpc) is 3.33. The molecule has 0 spiro atoms. The molecule has 0 saturated heterocycles. The Bertz CT molecular complexity index is 970.